The molecule has 35 heavy (non-hydrogen) atoms. The lowest BCUT2D eigenvalue weighted by atomic mass is 9.98. The van der Waals surface area contributed by atoms with E-state index in [9.17, 15) is 9.59 Å². The van der Waals surface area contributed by atoms with Crippen LogP contribution < -0.4 is 15.1 Å². The number of hydrogen-bond acceptors (Lipinski definition) is 6. The van der Waals surface area contributed by atoms with Crippen LogP contribution in [0.25, 0.3) is 11.0 Å². The molecule has 0 fully saturated rings. The number of aryl methyl sites for hydroxylation is 2. The van der Waals surface area contributed by atoms with E-state index in [-0.39, 0.29) is 17.1 Å². The fraction of sp³-hybridized carbons (Fsp3) is 0.296. The molecule has 1 amide bonds. The van der Waals surface area contributed by atoms with Gasteiger partial charge in [0.05, 0.1) is 29.3 Å². The molecular formula is C27H25BrN2O4S. The number of rotatable bonds is 7. The Balaban J connectivity index is 1.63. The number of hydrogen-bond donors (Lipinski definition) is 0. The van der Waals surface area contributed by atoms with Crippen LogP contribution in [0.1, 0.15) is 64.5 Å². The summed E-state index contributed by atoms with van der Waals surface area (Å²) in [6.07, 6.45) is 3.26. The summed E-state index contributed by atoms with van der Waals surface area (Å²) in [7, 11) is 0. The first-order chi connectivity index (χ1) is 16.9. The molecule has 2 aromatic carbocycles. The van der Waals surface area contributed by atoms with Gasteiger partial charge in [0.2, 0.25) is 5.76 Å². The van der Waals surface area contributed by atoms with Crippen LogP contribution in [0.3, 0.4) is 0 Å². The van der Waals surface area contributed by atoms with Gasteiger partial charge in [0.15, 0.2) is 10.6 Å². The molecule has 4 aromatic rings. The summed E-state index contributed by atoms with van der Waals surface area (Å²) in [6, 6.07) is 12.2. The smallest absolute Gasteiger partial charge is 0.297 e. The molecule has 180 valence electrons. The van der Waals surface area contributed by atoms with Gasteiger partial charge in [-0.15, -0.1) is 11.3 Å². The third kappa shape index (κ3) is 4.29. The van der Waals surface area contributed by atoms with Crippen LogP contribution in [0.2, 0.25) is 0 Å². The number of fused-ring (bicyclic) bond motifs is 2. The third-order valence-corrected chi connectivity index (χ3v) is 7.83. The molecule has 0 N–H and O–H groups in total. The third-order valence-electron chi connectivity index (χ3n) is 6.27. The molecular weight excluding hydrogens is 528 g/mol. The van der Waals surface area contributed by atoms with Crippen LogP contribution in [0.15, 0.2) is 56.1 Å². The fourth-order valence-electron chi connectivity index (χ4n) is 4.31. The molecule has 3 heterocycles. The summed E-state index contributed by atoms with van der Waals surface area (Å²) < 4.78 is 12.7. The number of thiazole rings is 1. The van der Waals surface area contributed by atoms with E-state index in [0.29, 0.717) is 28.3 Å². The second-order valence-electron chi connectivity index (χ2n) is 8.65. The Morgan fingerprint density at radius 3 is 2.57 bits per heavy atom. The highest BCUT2D eigenvalue weighted by molar-refractivity contribution is 9.10. The molecule has 1 unspecified atom stereocenters. The molecule has 0 aliphatic carbocycles. The maximum atomic E-state index is 13.7. The topological polar surface area (TPSA) is 72.6 Å². The number of carbonyl (C=O) groups excluding carboxylic acids is 1. The molecule has 0 spiro atoms. The van der Waals surface area contributed by atoms with Crippen molar-refractivity contribution in [2.45, 2.75) is 46.1 Å². The van der Waals surface area contributed by atoms with Crippen molar-refractivity contribution in [1.29, 1.82) is 0 Å². The van der Waals surface area contributed by atoms with Crippen LogP contribution in [0, 0.1) is 13.8 Å². The van der Waals surface area contributed by atoms with Crippen LogP contribution in [-0.4, -0.2) is 17.5 Å². The summed E-state index contributed by atoms with van der Waals surface area (Å²) in [5.41, 5.74) is 2.16. The number of halogens is 1. The maximum Gasteiger partial charge on any atom is 0.297 e. The Labute approximate surface area is 215 Å². The highest BCUT2D eigenvalue weighted by Gasteiger charge is 2.45. The first-order valence-electron chi connectivity index (χ1n) is 11.7. The molecule has 6 nitrogen and oxygen atoms in total. The second-order valence-corrected chi connectivity index (χ2v) is 10.8. The van der Waals surface area contributed by atoms with Gasteiger partial charge in [-0.1, -0.05) is 47.8 Å². The highest BCUT2D eigenvalue weighted by atomic mass is 79.9. The standard InChI is InChI=1S/C27H25BrN2O4S/c1-4-5-6-13-33-19-10-7-17(8-11-19)23-22-24(31)20-14-18(28)9-12-21(20)34-25(22)26(32)30(23)27-29-15(2)16(3)35-27/h7-12,14,23H,4-6,13H2,1-3H3. The normalized spacial score (nSPS) is 15.1. The Kier molecular flexibility index (Phi) is 6.51. The highest BCUT2D eigenvalue weighted by Crippen LogP contribution is 2.43. The minimum absolute atomic E-state index is 0.0696. The number of carbonyl (C=O) groups is 1. The molecule has 1 aliphatic heterocycles. The number of anilines is 1. The number of nitrogens with zero attached hydrogens (tertiary/aromatic N) is 2. The van der Waals surface area contributed by atoms with Crippen LogP contribution in [-0.2, 0) is 0 Å². The van der Waals surface area contributed by atoms with Gasteiger partial charge in [0.1, 0.15) is 11.3 Å². The van der Waals surface area contributed by atoms with Crippen molar-refractivity contribution < 1.29 is 13.9 Å². The molecule has 0 saturated carbocycles. The zero-order chi connectivity index (χ0) is 24.7. The van der Waals surface area contributed by atoms with Gasteiger partial charge >= 0.3 is 0 Å². The van der Waals surface area contributed by atoms with Crippen molar-refractivity contribution in [3.05, 3.63) is 84.6 Å². The number of ether oxygens (including phenoxy) is 1. The average molecular weight is 553 g/mol. The lowest BCUT2D eigenvalue weighted by Gasteiger charge is -2.22. The van der Waals surface area contributed by atoms with Gasteiger partial charge in [-0.2, -0.15) is 0 Å². The summed E-state index contributed by atoms with van der Waals surface area (Å²) in [5, 5.41) is 0.978. The summed E-state index contributed by atoms with van der Waals surface area (Å²) in [5.74, 6) is 0.470. The second kappa shape index (κ2) is 9.59. The quantitative estimate of drug-likeness (QED) is 0.232. The van der Waals surface area contributed by atoms with Crippen LogP contribution in [0.5, 0.6) is 5.75 Å². The van der Waals surface area contributed by atoms with E-state index in [1.54, 1.807) is 23.1 Å². The predicted molar refractivity (Wildman–Crippen MR) is 142 cm³/mol. The number of benzene rings is 2. The zero-order valence-electron chi connectivity index (χ0n) is 19.8. The molecule has 1 aliphatic rings. The van der Waals surface area contributed by atoms with E-state index in [1.807, 2.05) is 38.1 Å². The Hall–Kier alpha value is -2.97. The van der Waals surface area contributed by atoms with Gasteiger partial charge in [-0.05, 0) is 56.2 Å². The summed E-state index contributed by atoms with van der Waals surface area (Å²) >= 11 is 4.87. The molecule has 1 atom stereocenters. The van der Waals surface area contributed by atoms with E-state index in [1.165, 1.54) is 11.3 Å². The van der Waals surface area contributed by atoms with Crippen LogP contribution in [0.4, 0.5) is 5.13 Å². The van der Waals surface area contributed by atoms with Crippen molar-refractivity contribution in [2.75, 3.05) is 11.5 Å². The summed E-state index contributed by atoms with van der Waals surface area (Å²) in [4.78, 5) is 34.6. The van der Waals surface area contributed by atoms with Gasteiger partial charge in [0.25, 0.3) is 5.91 Å². The van der Waals surface area contributed by atoms with E-state index in [2.05, 4.69) is 27.8 Å². The first kappa shape index (κ1) is 23.8. The largest absolute Gasteiger partial charge is 0.494 e. The SMILES string of the molecule is CCCCCOc1ccc(C2c3c(oc4ccc(Br)cc4c3=O)C(=O)N2c2nc(C)c(C)s2)cc1. The van der Waals surface area contributed by atoms with Crippen molar-refractivity contribution in [3.63, 3.8) is 0 Å². The maximum absolute atomic E-state index is 13.7. The van der Waals surface area contributed by atoms with Crippen molar-refractivity contribution in [3.8, 4) is 5.75 Å². The Morgan fingerprint density at radius 1 is 1.11 bits per heavy atom. The van der Waals surface area contributed by atoms with Crippen molar-refractivity contribution in [1.82, 2.24) is 4.98 Å². The number of amides is 1. The van der Waals surface area contributed by atoms with E-state index in [0.717, 1.165) is 45.6 Å². The van der Waals surface area contributed by atoms with Crippen molar-refractivity contribution in [2.24, 2.45) is 0 Å². The number of unbranched alkanes of at least 4 members (excludes halogenated alkanes) is 2. The van der Waals surface area contributed by atoms with E-state index < -0.39 is 6.04 Å². The van der Waals surface area contributed by atoms with Gasteiger partial charge < -0.3 is 9.15 Å². The molecule has 0 saturated heterocycles. The van der Waals surface area contributed by atoms with Gasteiger partial charge in [-0.3, -0.25) is 14.5 Å². The van der Waals surface area contributed by atoms with Crippen molar-refractivity contribution >= 4 is 49.3 Å². The minimum atomic E-state index is -0.642. The first-order valence-corrected chi connectivity index (χ1v) is 13.3. The molecule has 0 bridgehead atoms. The van der Waals surface area contributed by atoms with Gasteiger partial charge in [-0.25, -0.2) is 4.98 Å². The molecule has 2 aromatic heterocycles. The summed E-state index contributed by atoms with van der Waals surface area (Å²) in [6.45, 7) is 6.70. The van der Waals surface area contributed by atoms with E-state index >= 15 is 0 Å². The molecule has 5 rings (SSSR count). The lowest BCUT2D eigenvalue weighted by Crippen LogP contribution is -2.29. The Bertz CT molecular complexity index is 1460. The zero-order valence-corrected chi connectivity index (χ0v) is 22.2. The van der Waals surface area contributed by atoms with E-state index in [4.69, 9.17) is 9.15 Å². The average Bonchev–Trinajstić information content (AvgIpc) is 3.33. The number of aromatic nitrogens is 1. The minimum Gasteiger partial charge on any atom is -0.494 e. The molecule has 0 radical (unpaired) electrons. The van der Waals surface area contributed by atoms with Gasteiger partial charge in [0, 0.05) is 9.35 Å². The lowest BCUT2D eigenvalue weighted by molar-refractivity contribution is 0.0971. The fourth-order valence-corrected chi connectivity index (χ4v) is 5.60. The Morgan fingerprint density at radius 2 is 1.89 bits per heavy atom. The van der Waals surface area contributed by atoms with Crippen LogP contribution >= 0.6 is 27.3 Å². The predicted octanol–water partition coefficient (Wildman–Crippen LogP) is 6.95. The monoisotopic (exact) mass is 552 g/mol. The molecule has 8 heteroatoms.